The van der Waals surface area contributed by atoms with Crippen LogP contribution in [0.2, 0.25) is 0 Å². The van der Waals surface area contributed by atoms with Crippen LogP contribution >= 0.6 is 11.3 Å². The highest BCUT2D eigenvalue weighted by Crippen LogP contribution is 2.26. The van der Waals surface area contributed by atoms with Crippen LogP contribution in [-0.4, -0.2) is 66.1 Å². The van der Waals surface area contributed by atoms with E-state index >= 15 is 0 Å². The van der Waals surface area contributed by atoms with Crippen molar-refractivity contribution in [3.63, 3.8) is 0 Å². The number of hydrogen-bond acceptors (Lipinski definition) is 5. The smallest absolute Gasteiger partial charge is 0.223 e. The third-order valence-electron chi connectivity index (χ3n) is 4.88. The molecule has 3 rings (SSSR count). The number of rotatable bonds is 5. The topological polar surface area (TPSA) is 45.7 Å². The van der Waals surface area contributed by atoms with Crippen molar-refractivity contribution in [2.75, 3.05) is 39.4 Å². The third kappa shape index (κ3) is 3.67. The van der Waals surface area contributed by atoms with Gasteiger partial charge in [-0.3, -0.25) is 9.69 Å². The zero-order chi connectivity index (χ0) is 15.4. The van der Waals surface area contributed by atoms with Crippen LogP contribution in [0.1, 0.15) is 25.5 Å². The summed E-state index contributed by atoms with van der Waals surface area (Å²) in [7, 11) is 0. The van der Waals surface area contributed by atoms with Crippen LogP contribution in [0.15, 0.2) is 10.9 Å². The van der Waals surface area contributed by atoms with Crippen molar-refractivity contribution >= 4 is 17.2 Å². The average Bonchev–Trinajstić information content (AvgIpc) is 3.22. The molecule has 2 fully saturated rings. The van der Waals surface area contributed by atoms with Crippen molar-refractivity contribution in [2.45, 2.75) is 32.2 Å². The van der Waals surface area contributed by atoms with Crippen LogP contribution in [0.25, 0.3) is 0 Å². The number of carbonyl (C=O) groups is 1. The van der Waals surface area contributed by atoms with E-state index in [4.69, 9.17) is 4.74 Å². The summed E-state index contributed by atoms with van der Waals surface area (Å²) in [5.41, 5.74) is 2.87. The van der Waals surface area contributed by atoms with Crippen molar-refractivity contribution in [2.24, 2.45) is 5.92 Å². The first-order valence-electron chi connectivity index (χ1n) is 8.24. The summed E-state index contributed by atoms with van der Waals surface area (Å²) in [5, 5.41) is 2.03. The van der Waals surface area contributed by atoms with Gasteiger partial charge in [0.25, 0.3) is 0 Å². The summed E-state index contributed by atoms with van der Waals surface area (Å²) >= 11 is 1.59. The first-order valence-corrected chi connectivity index (χ1v) is 9.19. The molecule has 0 saturated carbocycles. The normalized spacial score (nSPS) is 26.5. The van der Waals surface area contributed by atoms with E-state index in [1.165, 1.54) is 0 Å². The molecular weight excluding hydrogens is 298 g/mol. The van der Waals surface area contributed by atoms with E-state index in [1.807, 2.05) is 10.9 Å². The Labute approximate surface area is 136 Å². The molecule has 0 bridgehead atoms. The molecule has 0 aromatic carbocycles. The Morgan fingerprint density at radius 2 is 2.23 bits per heavy atom. The Balaban J connectivity index is 1.54. The summed E-state index contributed by atoms with van der Waals surface area (Å²) in [6.07, 6.45) is 2.48. The number of amides is 1. The Kier molecular flexibility index (Phi) is 5.44. The van der Waals surface area contributed by atoms with Crippen molar-refractivity contribution in [1.82, 2.24) is 14.8 Å². The largest absolute Gasteiger partial charge is 0.379 e. The predicted molar refractivity (Wildman–Crippen MR) is 87.0 cm³/mol. The molecule has 22 heavy (non-hydrogen) atoms. The standard InChI is InChI=1S/C16H25N3O2S/c1-2-13-9-19(10-15(13)18-5-7-21-8-6-18)16(20)4-3-14-11-22-12-17-14/h11-13,15H,2-10H2,1H3/t13-,15-/m0/s1. The lowest BCUT2D eigenvalue weighted by Crippen LogP contribution is -2.47. The molecule has 0 aliphatic carbocycles. The minimum Gasteiger partial charge on any atom is -0.379 e. The molecule has 6 heteroatoms. The van der Waals surface area contributed by atoms with Crippen molar-refractivity contribution in [3.8, 4) is 0 Å². The Bertz CT molecular complexity index is 474. The molecule has 5 nitrogen and oxygen atoms in total. The van der Waals surface area contributed by atoms with Gasteiger partial charge in [-0.25, -0.2) is 4.98 Å². The number of carbonyl (C=O) groups excluding carboxylic acids is 1. The second-order valence-electron chi connectivity index (χ2n) is 6.16. The number of aryl methyl sites for hydroxylation is 1. The van der Waals surface area contributed by atoms with E-state index in [2.05, 4.69) is 21.7 Å². The molecule has 1 aromatic rings. The summed E-state index contributed by atoms with van der Waals surface area (Å²) in [4.78, 5) is 21.3. The predicted octanol–water partition coefficient (Wildman–Crippen LogP) is 1.64. The monoisotopic (exact) mass is 323 g/mol. The molecule has 1 aromatic heterocycles. The van der Waals surface area contributed by atoms with E-state index in [1.54, 1.807) is 11.3 Å². The Morgan fingerprint density at radius 1 is 1.41 bits per heavy atom. The number of thiazole rings is 1. The molecule has 1 amide bonds. The number of hydrogen-bond donors (Lipinski definition) is 0. The molecule has 0 radical (unpaired) electrons. The maximum Gasteiger partial charge on any atom is 0.223 e. The molecule has 3 heterocycles. The van der Waals surface area contributed by atoms with Gasteiger partial charge in [-0.05, 0) is 12.3 Å². The number of ether oxygens (including phenoxy) is 1. The third-order valence-corrected chi connectivity index (χ3v) is 5.51. The summed E-state index contributed by atoms with van der Waals surface area (Å²) < 4.78 is 5.45. The SMILES string of the molecule is CC[C@H]1CN(C(=O)CCc2cscn2)C[C@@H]1N1CCOCC1. The van der Waals surface area contributed by atoms with Crippen molar-refractivity contribution in [1.29, 1.82) is 0 Å². The minimum absolute atomic E-state index is 0.280. The van der Waals surface area contributed by atoms with Crippen LogP contribution < -0.4 is 0 Å². The van der Waals surface area contributed by atoms with Crippen molar-refractivity contribution < 1.29 is 9.53 Å². The van der Waals surface area contributed by atoms with E-state index in [0.717, 1.165) is 57.9 Å². The fourth-order valence-electron chi connectivity index (χ4n) is 3.54. The lowest BCUT2D eigenvalue weighted by atomic mass is 9.99. The van der Waals surface area contributed by atoms with E-state index in [-0.39, 0.29) is 5.91 Å². The van der Waals surface area contributed by atoms with Gasteiger partial charge in [0.2, 0.25) is 5.91 Å². The molecule has 2 aliphatic rings. The second kappa shape index (κ2) is 7.53. The molecule has 0 N–H and O–H groups in total. The minimum atomic E-state index is 0.280. The number of morpholine rings is 1. The fraction of sp³-hybridized carbons (Fsp3) is 0.750. The molecule has 122 valence electrons. The highest BCUT2D eigenvalue weighted by atomic mass is 32.1. The van der Waals surface area contributed by atoms with E-state index in [9.17, 15) is 4.79 Å². The van der Waals surface area contributed by atoms with Gasteiger partial charge in [-0.1, -0.05) is 13.3 Å². The van der Waals surface area contributed by atoms with Crippen LogP contribution in [0, 0.1) is 5.92 Å². The zero-order valence-corrected chi connectivity index (χ0v) is 14.1. The first kappa shape index (κ1) is 15.9. The van der Waals surface area contributed by atoms with Crippen LogP contribution in [0.4, 0.5) is 0 Å². The van der Waals surface area contributed by atoms with Gasteiger partial charge in [0.05, 0.1) is 24.4 Å². The lowest BCUT2D eigenvalue weighted by molar-refractivity contribution is -0.130. The zero-order valence-electron chi connectivity index (χ0n) is 13.2. The van der Waals surface area contributed by atoms with Crippen LogP contribution in [0.5, 0.6) is 0 Å². The van der Waals surface area contributed by atoms with Gasteiger partial charge < -0.3 is 9.64 Å². The van der Waals surface area contributed by atoms with E-state index in [0.29, 0.717) is 18.4 Å². The lowest BCUT2D eigenvalue weighted by Gasteiger charge is -2.34. The highest BCUT2D eigenvalue weighted by Gasteiger charge is 2.37. The summed E-state index contributed by atoms with van der Waals surface area (Å²) in [6, 6.07) is 0.511. The molecule has 0 unspecified atom stereocenters. The summed E-state index contributed by atoms with van der Waals surface area (Å²) in [6.45, 7) is 7.68. The van der Waals surface area contributed by atoms with Gasteiger partial charge in [0.15, 0.2) is 0 Å². The molecule has 2 saturated heterocycles. The Hall–Kier alpha value is -0.980. The Morgan fingerprint density at radius 3 is 2.91 bits per heavy atom. The van der Waals surface area contributed by atoms with Gasteiger partial charge >= 0.3 is 0 Å². The fourth-order valence-corrected chi connectivity index (χ4v) is 4.13. The molecule has 0 spiro atoms. The maximum atomic E-state index is 12.5. The number of aromatic nitrogens is 1. The van der Waals surface area contributed by atoms with Gasteiger partial charge in [0, 0.05) is 44.0 Å². The number of nitrogens with zero attached hydrogens (tertiary/aromatic N) is 3. The maximum absolute atomic E-state index is 12.5. The molecular formula is C16H25N3O2S. The molecule has 2 atom stereocenters. The second-order valence-corrected chi connectivity index (χ2v) is 6.88. The quantitative estimate of drug-likeness (QED) is 0.826. The van der Waals surface area contributed by atoms with Crippen LogP contribution in [-0.2, 0) is 16.0 Å². The van der Waals surface area contributed by atoms with Gasteiger partial charge in [-0.15, -0.1) is 11.3 Å². The number of likely N-dealkylation sites (tertiary alicyclic amines) is 1. The summed E-state index contributed by atoms with van der Waals surface area (Å²) in [5.74, 6) is 0.878. The van der Waals surface area contributed by atoms with Crippen LogP contribution in [0.3, 0.4) is 0 Å². The van der Waals surface area contributed by atoms with E-state index < -0.39 is 0 Å². The highest BCUT2D eigenvalue weighted by molar-refractivity contribution is 7.07. The van der Waals surface area contributed by atoms with Gasteiger partial charge in [-0.2, -0.15) is 0 Å². The molecule has 2 aliphatic heterocycles. The van der Waals surface area contributed by atoms with Crippen molar-refractivity contribution in [3.05, 3.63) is 16.6 Å². The average molecular weight is 323 g/mol. The van der Waals surface area contributed by atoms with Gasteiger partial charge in [0.1, 0.15) is 0 Å². The first-order chi connectivity index (χ1) is 10.8.